The number of carboxylic acids is 1. The van der Waals surface area contributed by atoms with Gasteiger partial charge in [-0.3, -0.25) is 4.79 Å². The number of carboxylic acid groups (broad SMARTS) is 1. The van der Waals surface area contributed by atoms with E-state index in [1.54, 1.807) is 6.07 Å². The van der Waals surface area contributed by atoms with Gasteiger partial charge in [0.2, 0.25) is 0 Å². The smallest absolute Gasteiger partial charge is 0.336 e. The number of hydrogen-bond acceptors (Lipinski definition) is 5. The molecule has 0 saturated carbocycles. The van der Waals surface area contributed by atoms with Gasteiger partial charge in [0.25, 0.3) is 10.0 Å². The largest absolute Gasteiger partial charge is 0.480 e. The van der Waals surface area contributed by atoms with Crippen LogP contribution in [0.2, 0.25) is 0 Å². The summed E-state index contributed by atoms with van der Waals surface area (Å²) in [5.74, 6) is -1.46. The molecule has 0 atom stereocenters. The quantitative estimate of drug-likeness (QED) is 0.795. The molecule has 8 nitrogen and oxygen atoms in total. The van der Waals surface area contributed by atoms with E-state index >= 15 is 0 Å². The van der Waals surface area contributed by atoms with E-state index in [1.807, 2.05) is 0 Å². The van der Waals surface area contributed by atoms with Gasteiger partial charge in [0.15, 0.2) is 0 Å². The van der Waals surface area contributed by atoms with Crippen molar-refractivity contribution in [2.24, 2.45) is 0 Å². The van der Waals surface area contributed by atoms with Crippen molar-refractivity contribution in [1.82, 2.24) is 4.31 Å². The SMILES string of the molecule is N#Cc1ccc2c(c1)S(=O)(=O)N(CC(=O)O)C(=O)N2. The molecule has 0 aliphatic carbocycles. The van der Waals surface area contributed by atoms with Gasteiger partial charge in [0.1, 0.15) is 11.4 Å². The fourth-order valence-electron chi connectivity index (χ4n) is 1.59. The molecule has 98 valence electrons. The molecule has 0 radical (unpaired) electrons. The summed E-state index contributed by atoms with van der Waals surface area (Å²) in [6, 6.07) is 4.44. The minimum atomic E-state index is -4.27. The molecule has 1 aliphatic heterocycles. The van der Waals surface area contributed by atoms with E-state index in [4.69, 9.17) is 10.4 Å². The van der Waals surface area contributed by atoms with E-state index in [-0.39, 0.29) is 20.5 Å². The standard InChI is InChI=1S/C10H7N3O5S/c11-4-6-1-2-7-8(3-6)19(17,18)13(5-9(14)15)10(16)12-7/h1-3H,5H2,(H,12,16)(H,14,15). The van der Waals surface area contributed by atoms with Crippen molar-refractivity contribution in [3.05, 3.63) is 23.8 Å². The molecule has 9 heteroatoms. The molecule has 2 N–H and O–H groups in total. The van der Waals surface area contributed by atoms with Crippen LogP contribution >= 0.6 is 0 Å². The number of carbonyl (C=O) groups excluding carboxylic acids is 1. The van der Waals surface area contributed by atoms with Crippen LogP contribution in [0.3, 0.4) is 0 Å². The van der Waals surface area contributed by atoms with Crippen LogP contribution in [0.5, 0.6) is 0 Å². The fourth-order valence-corrected chi connectivity index (χ4v) is 3.05. The highest BCUT2D eigenvalue weighted by Gasteiger charge is 2.37. The Bertz CT molecular complexity index is 719. The lowest BCUT2D eigenvalue weighted by Gasteiger charge is -2.27. The summed E-state index contributed by atoms with van der Waals surface area (Å²) in [6.45, 7) is -0.982. The monoisotopic (exact) mass is 281 g/mol. The zero-order valence-electron chi connectivity index (χ0n) is 9.32. The van der Waals surface area contributed by atoms with Crippen LogP contribution < -0.4 is 5.32 Å². The van der Waals surface area contributed by atoms with Crippen LogP contribution in [0.4, 0.5) is 10.5 Å². The van der Waals surface area contributed by atoms with Crippen molar-refractivity contribution in [2.45, 2.75) is 4.90 Å². The summed E-state index contributed by atoms with van der Waals surface area (Å²) >= 11 is 0. The molecule has 19 heavy (non-hydrogen) atoms. The van der Waals surface area contributed by atoms with Crippen molar-refractivity contribution in [1.29, 1.82) is 5.26 Å². The Kier molecular flexibility index (Phi) is 2.88. The molecule has 0 bridgehead atoms. The Morgan fingerprint density at radius 1 is 1.47 bits per heavy atom. The molecule has 2 amide bonds. The van der Waals surface area contributed by atoms with Gasteiger partial charge in [0, 0.05) is 0 Å². The number of carbonyl (C=O) groups is 2. The van der Waals surface area contributed by atoms with Crippen molar-refractivity contribution >= 4 is 27.7 Å². The maximum absolute atomic E-state index is 12.1. The van der Waals surface area contributed by atoms with Gasteiger partial charge in [-0.2, -0.15) is 5.26 Å². The zero-order chi connectivity index (χ0) is 14.2. The number of nitrogens with one attached hydrogen (secondary N) is 1. The normalized spacial score (nSPS) is 16.2. The van der Waals surface area contributed by atoms with Crippen LogP contribution in [0, 0.1) is 11.3 Å². The Morgan fingerprint density at radius 3 is 2.74 bits per heavy atom. The first kappa shape index (κ1) is 12.8. The molecule has 0 unspecified atom stereocenters. The van der Waals surface area contributed by atoms with E-state index in [0.29, 0.717) is 0 Å². The summed E-state index contributed by atoms with van der Waals surface area (Å²) in [4.78, 5) is 21.9. The van der Waals surface area contributed by atoms with Crippen LogP contribution in [0.1, 0.15) is 5.56 Å². The molecule has 2 rings (SSSR count). The first-order chi connectivity index (χ1) is 8.86. The van der Waals surface area contributed by atoms with Gasteiger partial charge < -0.3 is 10.4 Å². The number of sulfonamides is 1. The number of benzene rings is 1. The van der Waals surface area contributed by atoms with E-state index in [9.17, 15) is 18.0 Å². The minimum Gasteiger partial charge on any atom is -0.480 e. The second-order valence-electron chi connectivity index (χ2n) is 3.66. The summed E-state index contributed by atoms with van der Waals surface area (Å²) in [7, 11) is -4.27. The van der Waals surface area contributed by atoms with Gasteiger partial charge in [-0.15, -0.1) is 0 Å². The van der Waals surface area contributed by atoms with E-state index in [1.165, 1.54) is 12.1 Å². The third kappa shape index (κ3) is 2.09. The highest BCUT2D eigenvalue weighted by Crippen LogP contribution is 2.30. The average Bonchev–Trinajstić information content (AvgIpc) is 2.34. The van der Waals surface area contributed by atoms with Crippen molar-refractivity contribution < 1.29 is 23.1 Å². The maximum atomic E-state index is 12.1. The molecule has 0 aromatic heterocycles. The molecule has 0 fully saturated rings. The number of nitriles is 1. The average molecular weight is 281 g/mol. The predicted molar refractivity (Wildman–Crippen MR) is 61.7 cm³/mol. The van der Waals surface area contributed by atoms with Crippen LogP contribution in [-0.2, 0) is 14.8 Å². The molecule has 1 aromatic rings. The summed E-state index contributed by atoms with van der Waals surface area (Å²) in [6.07, 6.45) is 0. The summed E-state index contributed by atoms with van der Waals surface area (Å²) < 4.78 is 24.4. The highest BCUT2D eigenvalue weighted by atomic mass is 32.2. The van der Waals surface area contributed by atoms with Crippen molar-refractivity contribution in [3.8, 4) is 6.07 Å². The number of urea groups is 1. The molecule has 1 aliphatic rings. The number of nitrogens with zero attached hydrogens (tertiary/aromatic N) is 2. The lowest BCUT2D eigenvalue weighted by Crippen LogP contribution is -2.46. The molecular formula is C10H7N3O5S. The second kappa shape index (κ2) is 4.25. The highest BCUT2D eigenvalue weighted by molar-refractivity contribution is 7.90. The predicted octanol–water partition coefficient (Wildman–Crippen LogP) is 0.179. The topological polar surface area (TPSA) is 128 Å². The molecule has 1 aromatic carbocycles. The van der Waals surface area contributed by atoms with Gasteiger partial charge in [-0.1, -0.05) is 0 Å². The Labute approximate surface area is 107 Å². The molecule has 0 spiro atoms. The number of rotatable bonds is 2. The Hall–Kier alpha value is -2.60. The Morgan fingerprint density at radius 2 is 2.16 bits per heavy atom. The number of fused-ring (bicyclic) bond motifs is 1. The van der Waals surface area contributed by atoms with Crippen molar-refractivity contribution in [3.63, 3.8) is 0 Å². The van der Waals surface area contributed by atoms with E-state index in [0.717, 1.165) is 6.07 Å². The minimum absolute atomic E-state index is 0.0191. The van der Waals surface area contributed by atoms with E-state index < -0.39 is 28.6 Å². The van der Waals surface area contributed by atoms with Crippen LogP contribution in [-0.4, -0.2) is 36.4 Å². The summed E-state index contributed by atoms with van der Waals surface area (Å²) in [5, 5.41) is 19.6. The number of anilines is 1. The first-order valence-corrected chi connectivity index (χ1v) is 6.40. The maximum Gasteiger partial charge on any atom is 0.336 e. The lowest BCUT2D eigenvalue weighted by atomic mass is 10.2. The molecule has 1 heterocycles. The Balaban J connectivity index is 2.60. The summed E-state index contributed by atoms with van der Waals surface area (Å²) in [5.41, 5.74) is 0.111. The van der Waals surface area contributed by atoms with Crippen LogP contribution in [0.15, 0.2) is 23.1 Å². The molecule has 0 saturated heterocycles. The van der Waals surface area contributed by atoms with Gasteiger partial charge in [-0.25, -0.2) is 17.5 Å². The number of aliphatic carboxylic acids is 1. The van der Waals surface area contributed by atoms with Gasteiger partial charge in [-0.05, 0) is 18.2 Å². The third-order valence-electron chi connectivity index (χ3n) is 2.43. The first-order valence-electron chi connectivity index (χ1n) is 4.96. The number of amides is 2. The van der Waals surface area contributed by atoms with Gasteiger partial charge in [0.05, 0.1) is 17.3 Å². The molecular weight excluding hydrogens is 274 g/mol. The van der Waals surface area contributed by atoms with Crippen LogP contribution in [0.25, 0.3) is 0 Å². The van der Waals surface area contributed by atoms with E-state index in [2.05, 4.69) is 5.32 Å². The second-order valence-corrected chi connectivity index (χ2v) is 5.49. The third-order valence-corrected chi connectivity index (χ3v) is 4.19. The van der Waals surface area contributed by atoms with Gasteiger partial charge >= 0.3 is 12.0 Å². The fraction of sp³-hybridized carbons (Fsp3) is 0.100. The zero-order valence-corrected chi connectivity index (χ0v) is 10.1. The van der Waals surface area contributed by atoms with Crippen molar-refractivity contribution in [2.75, 3.05) is 11.9 Å². The lowest BCUT2D eigenvalue weighted by molar-refractivity contribution is -0.136. The number of hydrogen-bond donors (Lipinski definition) is 2.